The fourth-order valence-electron chi connectivity index (χ4n) is 3.34. The normalized spacial score (nSPS) is 18.5. The number of hydrogen-bond donors (Lipinski definition) is 2. The Morgan fingerprint density at radius 3 is 2.67 bits per heavy atom. The second-order valence-corrected chi connectivity index (χ2v) is 9.29. The first-order valence-corrected chi connectivity index (χ1v) is 11.4. The summed E-state index contributed by atoms with van der Waals surface area (Å²) < 4.78 is 31.9. The Balaban J connectivity index is 1.58. The number of sulfonamides is 1. The minimum Gasteiger partial charge on any atom is -0.466 e. The molecule has 1 aromatic rings. The lowest BCUT2D eigenvalue weighted by Crippen LogP contribution is -2.46. The van der Waals surface area contributed by atoms with Crippen molar-refractivity contribution in [2.75, 3.05) is 26.2 Å². The van der Waals surface area contributed by atoms with Crippen molar-refractivity contribution in [3.05, 3.63) is 41.1 Å². The highest BCUT2D eigenvalue weighted by molar-refractivity contribution is 7.89. The van der Waals surface area contributed by atoms with Crippen LogP contribution in [0.5, 0.6) is 0 Å². The molecule has 164 valence electrons. The molecule has 1 spiro atoms. The highest BCUT2D eigenvalue weighted by atomic mass is 35.5. The average molecular weight is 458 g/mol. The van der Waals surface area contributed by atoms with Crippen LogP contribution in [0.1, 0.15) is 26.2 Å². The molecule has 0 unspecified atom stereocenters. The highest BCUT2D eigenvalue weighted by Gasteiger charge is 2.42. The zero-order valence-electron chi connectivity index (χ0n) is 16.5. The lowest BCUT2D eigenvalue weighted by molar-refractivity contribution is -0.143. The second-order valence-electron chi connectivity index (χ2n) is 6.97. The van der Waals surface area contributed by atoms with Gasteiger partial charge in [0, 0.05) is 19.6 Å². The number of piperidine rings is 1. The minimum absolute atomic E-state index is 0.0743. The quantitative estimate of drug-likeness (QED) is 0.594. The molecule has 2 aliphatic heterocycles. The second kappa shape index (κ2) is 9.34. The Bertz CT molecular complexity index is 941. The number of halogens is 1. The minimum atomic E-state index is -3.71. The molecular formula is C19H24ClN3O6S. The van der Waals surface area contributed by atoms with Crippen molar-refractivity contribution in [2.45, 2.75) is 36.7 Å². The number of nitrogens with zero attached hydrogens (tertiary/aromatic N) is 1. The standard InChI is InChI=1S/C19H24ClN3O6S/c1-2-28-17(24)7-10-21-18(25)15-13-19(29-22-15)8-11-23(12-9-19)30(26,27)16-6-4-3-5-14(16)20/h3-6,13,22H,2,7-12H2,1H3,(H,21,25). The highest BCUT2D eigenvalue weighted by Crippen LogP contribution is 2.34. The molecule has 3 rings (SSSR count). The van der Waals surface area contributed by atoms with E-state index in [9.17, 15) is 18.0 Å². The van der Waals surface area contributed by atoms with Crippen LogP contribution in [-0.2, 0) is 29.2 Å². The molecule has 9 nitrogen and oxygen atoms in total. The topological polar surface area (TPSA) is 114 Å². The van der Waals surface area contributed by atoms with Crippen LogP contribution in [0.3, 0.4) is 0 Å². The van der Waals surface area contributed by atoms with Gasteiger partial charge in [-0.05, 0) is 38.0 Å². The predicted octanol–water partition coefficient (Wildman–Crippen LogP) is 1.35. The molecule has 2 heterocycles. The smallest absolute Gasteiger partial charge is 0.307 e. The van der Waals surface area contributed by atoms with Crippen molar-refractivity contribution in [2.24, 2.45) is 0 Å². The largest absolute Gasteiger partial charge is 0.466 e. The van der Waals surface area contributed by atoms with Gasteiger partial charge in [0.2, 0.25) is 10.0 Å². The summed E-state index contributed by atoms with van der Waals surface area (Å²) in [6.07, 6.45) is 2.51. The third-order valence-electron chi connectivity index (χ3n) is 4.96. The summed E-state index contributed by atoms with van der Waals surface area (Å²) in [6, 6.07) is 6.33. The first-order chi connectivity index (χ1) is 14.3. The zero-order valence-corrected chi connectivity index (χ0v) is 18.1. The van der Waals surface area contributed by atoms with Gasteiger partial charge in [0.15, 0.2) is 0 Å². The number of nitrogens with one attached hydrogen (secondary N) is 2. The summed E-state index contributed by atoms with van der Waals surface area (Å²) >= 11 is 6.06. The number of hydroxylamine groups is 1. The molecular weight excluding hydrogens is 434 g/mol. The van der Waals surface area contributed by atoms with Crippen molar-refractivity contribution < 1.29 is 27.6 Å². The van der Waals surface area contributed by atoms with Crippen molar-refractivity contribution in [3.8, 4) is 0 Å². The predicted molar refractivity (Wildman–Crippen MR) is 109 cm³/mol. The summed E-state index contributed by atoms with van der Waals surface area (Å²) in [5.74, 6) is -0.784. The third-order valence-corrected chi connectivity index (χ3v) is 7.36. The summed E-state index contributed by atoms with van der Waals surface area (Å²) in [7, 11) is -3.71. The molecule has 0 aliphatic carbocycles. The van der Waals surface area contributed by atoms with Crippen LogP contribution in [0.4, 0.5) is 0 Å². The van der Waals surface area contributed by atoms with Crippen LogP contribution in [0.25, 0.3) is 0 Å². The summed E-state index contributed by atoms with van der Waals surface area (Å²) in [4.78, 5) is 29.3. The average Bonchev–Trinajstić information content (AvgIpc) is 3.12. The van der Waals surface area contributed by atoms with E-state index in [-0.39, 0.29) is 47.6 Å². The molecule has 0 atom stereocenters. The van der Waals surface area contributed by atoms with Gasteiger partial charge in [-0.15, -0.1) is 0 Å². The summed E-state index contributed by atoms with van der Waals surface area (Å²) in [5, 5.41) is 2.80. The molecule has 1 amide bonds. The van der Waals surface area contributed by atoms with Gasteiger partial charge in [-0.3, -0.25) is 19.9 Å². The van der Waals surface area contributed by atoms with Crippen molar-refractivity contribution in [1.82, 2.24) is 15.1 Å². The van der Waals surface area contributed by atoms with E-state index < -0.39 is 21.5 Å². The van der Waals surface area contributed by atoms with E-state index in [1.165, 1.54) is 10.4 Å². The Labute approximate surface area is 180 Å². The molecule has 11 heteroatoms. The lowest BCUT2D eigenvalue weighted by atomic mass is 9.92. The van der Waals surface area contributed by atoms with E-state index in [0.29, 0.717) is 19.4 Å². The molecule has 0 radical (unpaired) electrons. The number of amides is 1. The number of rotatable bonds is 7. The fourth-order valence-corrected chi connectivity index (χ4v) is 5.28. The van der Waals surface area contributed by atoms with E-state index in [1.807, 2.05) is 0 Å². The van der Waals surface area contributed by atoms with E-state index in [0.717, 1.165) is 0 Å². The third kappa shape index (κ3) is 4.94. The Kier molecular flexibility index (Phi) is 7.02. The first kappa shape index (κ1) is 22.5. The molecule has 1 saturated heterocycles. The Hall–Kier alpha value is -2.14. The van der Waals surface area contributed by atoms with Crippen LogP contribution in [0, 0.1) is 0 Å². The summed E-state index contributed by atoms with van der Waals surface area (Å²) in [6.45, 7) is 2.60. The van der Waals surface area contributed by atoms with Gasteiger partial charge in [-0.25, -0.2) is 8.42 Å². The summed E-state index contributed by atoms with van der Waals surface area (Å²) in [5.41, 5.74) is 2.09. The van der Waals surface area contributed by atoms with E-state index in [1.54, 1.807) is 31.2 Å². The van der Waals surface area contributed by atoms with E-state index in [4.69, 9.17) is 21.2 Å². The van der Waals surface area contributed by atoms with Gasteiger partial charge in [0.25, 0.3) is 5.91 Å². The maximum Gasteiger partial charge on any atom is 0.307 e. The SMILES string of the molecule is CCOC(=O)CCNC(=O)C1=CC2(CCN(S(=O)(=O)c3ccccc3Cl)CC2)ON1. The zero-order chi connectivity index (χ0) is 21.8. The number of hydrogen-bond acceptors (Lipinski definition) is 7. The Morgan fingerprint density at radius 2 is 2.00 bits per heavy atom. The fraction of sp³-hybridized carbons (Fsp3) is 0.474. The molecule has 0 bridgehead atoms. The number of ether oxygens (including phenoxy) is 1. The van der Waals surface area contributed by atoms with Crippen molar-refractivity contribution >= 4 is 33.5 Å². The molecule has 0 aromatic heterocycles. The number of benzene rings is 1. The molecule has 1 aromatic carbocycles. The van der Waals surface area contributed by atoms with Gasteiger partial charge in [-0.2, -0.15) is 4.31 Å². The van der Waals surface area contributed by atoms with Crippen molar-refractivity contribution in [1.29, 1.82) is 0 Å². The van der Waals surface area contributed by atoms with Gasteiger partial charge < -0.3 is 10.1 Å². The lowest BCUT2D eigenvalue weighted by Gasteiger charge is -2.35. The van der Waals surface area contributed by atoms with Crippen LogP contribution in [0.15, 0.2) is 40.9 Å². The molecule has 0 saturated carbocycles. The molecule has 30 heavy (non-hydrogen) atoms. The number of carbonyl (C=O) groups is 2. The molecule has 2 aliphatic rings. The maximum absolute atomic E-state index is 12.9. The monoisotopic (exact) mass is 457 g/mol. The first-order valence-electron chi connectivity index (χ1n) is 9.63. The van der Waals surface area contributed by atoms with Crippen LogP contribution < -0.4 is 10.8 Å². The van der Waals surface area contributed by atoms with Gasteiger partial charge >= 0.3 is 5.97 Å². The maximum atomic E-state index is 12.9. The van der Waals surface area contributed by atoms with Gasteiger partial charge in [0.1, 0.15) is 16.2 Å². The van der Waals surface area contributed by atoms with E-state index >= 15 is 0 Å². The number of carbonyl (C=O) groups excluding carboxylic acids is 2. The van der Waals surface area contributed by atoms with E-state index in [2.05, 4.69) is 10.8 Å². The number of esters is 1. The molecule has 1 fully saturated rings. The van der Waals surface area contributed by atoms with Crippen molar-refractivity contribution in [3.63, 3.8) is 0 Å². The van der Waals surface area contributed by atoms with Crippen LogP contribution in [0.2, 0.25) is 5.02 Å². The Morgan fingerprint density at radius 1 is 1.30 bits per heavy atom. The van der Waals surface area contributed by atoms with Gasteiger partial charge in [0.05, 0.1) is 18.1 Å². The van der Waals surface area contributed by atoms with Gasteiger partial charge in [-0.1, -0.05) is 23.7 Å². The van der Waals surface area contributed by atoms with Crippen LogP contribution >= 0.6 is 11.6 Å². The molecule has 2 N–H and O–H groups in total. The van der Waals surface area contributed by atoms with Crippen LogP contribution in [-0.4, -0.2) is 56.4 Å².